The summed E-state index contributed by atoms with van der Waals surface area (Å²) in [7, 11) is 6.21. The largest absolute Gasteiger partial charge is 0.436 e. The Bertz CT molecular complexity index is 1730. The monoisotopic (exact) mass is 602 g/mol. The summed E-state index contributed by atoms with van der Waals surface area (Å²) in [4.78, 5) is 58.1. The molecule has 0 saturated carbocycles. The van der Waals surface area contributed by atoms with Gasteiger partial charge >= 0.3 is 6.09 Å². The molecule has 11 nitrogen and oxygen atoms in total. The zero-order valence-corrected chi connectivity index (χ0v) is 25.1. The van der Waals surface area contributed by atoms with Crippen LogP contribution in [0, 0.1) is 5.82 Å². The number of pyridine rings is 1. The number of amides is 3. The lowest BCUT2D eigenvalue weighted by molar-refractivity contribution is -0.125. The molecule has 2 aromatic carbocycles. The number of hydrogen-bond donors (Lipinski definition) is 1. The van der Waals surface area contributed by atoms with Crippen LogP contribution in [-0.4, -0.2) is 76.1 Å². The minimum Gasteiger partial charge on any atom is -0.436 e. The summed E-state index contributed by atoms with van der Waals surface area (Å²) in [5, 5.41) is 2.59. The van der Waals surface area contributed by atoms with E-state index in [-0.39, 0.29) is 31.0 Å². The maximum atomic E-state index is 14.2. The molecule has 4 aromatic rings. The van der Waals surface area contributed by atoms with Crippen LogP contribution in [0.5, 0.6) is 0 Å². The van der Waals surface area contributed by atoms with Crippen molar-refractivity contribution >= 4 is 34.6 Å². The van der Waals surface area contributed by atoms with Crippen molar-refractivity contribution < 1.29 is 23.5 Å². The van der Waals surface area contributed by atoms with Crippen LogP contribution < -0.4 is 10.9 Å². The van der Waals surface area contributed by atoms with E-state index in [0.29, 0.717) is 23.4 Å². The Kier molecular flexibility index (Phi) is 10.3. The molecular formula is C32H35FN6O5. The van der Waals surface area contributed by atoms with Crippen LogP contribution >= 0.6 is 0 Å². The van der Waals surface area contributed by atoms with Gasteiger partial charge in [-0.25, -0.2) is 14.2 Å². The van der Waals surface area contributed by atoms with Crippen molar-refractivity contribution in [2.45, 2.75) is 32.0 Å². The van der Waals surface area contributed by atoms with Crippen molar-refractivity contribution in [2.75, 3.05) is 33.5 Å². The van der Waals surface area contributed by atoms with Crippen LogP contribution in [0.1, 0.15) is 24.2 Å². The number of likely N-dealkylation sites (N-methyl/N-ethyl adjacent to an activating group) is 1. The number of hydrogen-bond acceptors (Lipinski definition) is 6. The van der Waals surface area contributed by atoms with E-state index in [9.17, 15) is 23.6 Å². The first-order chi connectivity index (χ1) is 21.0. The van der Waals surface area contributed by atoms with E-state index in [4.69, 9.17) is 4.74 Å². The molecule has 12 heteroatoms. The Hall–Kier alpha value is -5.26. The normalized spacial score (nSPS) is 11.8. The first-order valence-corrected chi connectivity index (χ1v) is 14.0. The lowest BCUT2D eigenvalue weighted by Crippen LogP contribution is -2.37. The number of anilines is 1. The van der Waals surface area contributed by atoms with Gasteiger partial charge in [-0.1, -0.05) is 36.4 Å². The Morgan fingerprint density at radius 1 is 1.00 bits per heavy atom. The third-order valence-electron chi connectivity index (χ3n) is 6.76. The minimum absolute atomic E-state index is 0.0153. The fourth-order valence-corrected chi connectivity index (χ4v) is 4.38. The molecule has 230 valence electrons. The van der Waals surface area contributed by atoms with Crippen molar-refractivity contribution in [2.24, 2.45) is 0 Å². The molecule has 0 aliphatic rings. The number of imidazole rings is 1. The molecule has 44 heavy (non-hydrogen) atoms. The summed E-state index contributed by atoms with van der Waals surface area (Å²) >= 11 is 0. The van der Waals surface area contributed by atoms with Gasteiger partial charge in [-0.05, 0) is 54.8 Å². The number of carbonyl (C=O) groups excluding carboxylic acids is 3. The van der Waals surface area contributed by atoms with E-state index in [1.54, 1.807) is 38.5 Å². The quantitative estimate of drug-likeness (QED) is 0.261. The summed E-state index contributed by atoms with van der Waals surface area (Å²) in [6.07, 6.45) is 2.95. The zero-order chi connectivity index (χ0) is 31.8. The standard InChI is InChI=1S/C32H35FN6O5/c1-36(2)29(40)15-9-8-14-27(44-32(43)37(3)4)30(41)35-25-13-10-18-38(31(25)42)21-28-34-24-17-16-23(33)19-26(24)39(28)20-22-11-6-5-7-12-22/h5-7,9-13,15-19,27H,8,14,20-21H2,1-4H3,(H,35,41)/b15-9+. The van der Waals surface area contributed by atoms with Crippen LogP contribution in [0.2, 0.25) is 0 Å². The van der Waals surface area contributed by atoms with Gasteiger partial charge < -0.3 is 29.0 Å². The maximum absolute atomic E-state index is 14.2. The van der Waals surface area contributed by atoms with Crippen molar-refractivity contribution in [3.8, 4) is 0 Å². The number of halogens is 1. The molecule has 0 spiro atoms. The minimum atomic E-state index is -1.22. The highest BCUT2D eigenvalue weighted by molar-refractivity contribution is 5.95. The first-order valence-electron chi connectivity index (χ1n) is 14.0. The molecule has 0 aliphatic carbocycles. The van der Waals surface area contributed by atoms with Crippen LogP contribution in [0.25, 0.3) is 11.0 Å². The molecule has 3 amide bonds. The lowest BCUT2D eigenvalue weighted by atomic mass is 10.1. The highest BCUT2D eigenvalue weighted by atomic mass is 19.1. The van der Waals surface area contributed by atoms with E-state index < -0.39 is 29.5 Å². The summed E-state index contributed by atoms with van der Waals surface area (Å²) < 4.78 is 22.8. The number of benzene rings is 2. The van der Waals surface area contributed by atoms with E-state index >= 15 is 0 Å². The molecule has 1 unspecified atom stereocenters. The third kappa shape index (κ3) is 7.97. The second-order valence-corrected chi connectivity index (χ2v) is 10.6. The van der Waals surface area contributed by atoms with Crippen molar-refractivity contribution in [1.82, 2.24) is 23.9 Å². The molecule has 1 atom stereocenters. The van der Waals surface area contributed by atoms with Crippen LogP contribution in [0.15, 0.2) is 83.8 Å². The molecule has 0 aliphatic heterocycles. The van der Waals surface area contributed by atoms with E-state index in [2.05, 4.69) is 10.3 Å². The molecule has 0 bridgehead atoms. The number of nitrogens with one attached hydrogen (secondary N) is 1. The number of fused-ring (bicyclic) bond motifs is 1. The number of ether oxygens (including phenoxy) is 1. The number of carbonyl (C=O) groups is 3. The van der Waals surface area contributed by atoms with Crippen LogP contribution in [0.3, 0.4) is 0 Å². The molecule has 2 heterocycles. The van der Waals surface area contributed by atoms with Gasteiger partial charge in [-0.15, -0.1) is 0 Å². The average molecular weight is 603 g/mol. The van der Waals surface area contributed by atoms with Crippen LogP contribution in [-0.2, 0) is 27.4 Å². The smallest absolute Gasteiger partial charge is 0.410 e. The summed E-state index contributed by atoms with van der Waals surface area (Å²) in [5.74, 6) is -0.779. The van der Waals surface area contributed by atoms with Gasteiger partial charge in [0, 0.05) is 40.9 Å². The number of aromatic nitrogens is 3. The van der Waals surface area contributed by atoms with Gasteiger partial charge in [-0.3, -0.25) is 14.4 Å². The summed E-state index contributed by atoms with van der Waals surface area (Å²) in [6.45, 7) is 0.463. The fourth-order valence-electron chi connectivity index (χ4n) is 4.38. The Balaban J connectivity index is 1.57. The van der Waals surface area contributed by atoms with Gasteiger partial charge in [0.2, 0.25) is 5.91 Å². The summed E-state index contributed by atoms with van der Waals surface area (Å²) in [6, 6.07) is 17.0. The van der Waals surface area contributed by atoms with Crippen molar-refractivity contribution in [3.63, 3.8) is 0 Å². The van der Waals surface area contributed by atoms with Crippen molar-refractivity contribution in [3.05, 3.63) is 107 Å². The average Bonchev–Trinajstić information content (AvgIpc) is 3.32. The van der Waals surface area contributed by atoms with Gasteiger partial charge in [-0.2, -0.15) is 0 Å². The van der Waals surface area contributed by atoms with E-state index in [1.807, 2.05) is 34.9 Å². The second-order valence-electron chi connectivity index (χ2n) is 10.6. The molecule has 2 aromatic heterocycles. The van der Waals surface area contributed by atoms with Gasteiger partial charge in [0.15, 0.2) is 6.10 Å². The number of rotatable bonds is 11. The highest BCUT2D eigenvalue weighted by Gasteiger charge is 2.24. The predicted octanol–water partition coefficient (Wildman–Crippen LogP) is 3.86. The van der Waals surface area contributed by atoms with Gasteiger partial charge in [0.1, 0.15) is 17.3 Å². The Morgan fingerprint density at radius 3 is 2.45 bits per heavy atom. The van der Waals surface area contributed by atoms with E-state index in [1.165, 1.54) is 52.7 Å². The van der Waals surface area contributed by atoms with Gasteiger partial charge in [0.25, 0.3) is 11.5 Å². The summed E-state index contributed by atoms with van der Waals surface area (Å²) in [5.41, 5.74) is 1.64. The number of allylic oxidation sites excluding steroid dienone is 1. The fraction of sp³-hybridized carbons (Fsp3) is 0.281. The first kappa shape index (κ1) is 31.7. The maximum Gasteiger partial charge on any atom is 0.410 e. The molecule has 0 fully saturated rings. The highest BCUT2D eigenvalue weighted by Crippen LogP contribution is 2.20. The van der Waals surface area contributed by atoms with Crippen LogP contribution in [0.4, 0.5) is 14.9 Å². The Morgan fingerprint density at radius 2 is 1.75 bits per heavy atom. The Labute approximate surface area is 254 Å². The lowest BCUT2D eigenvalue weighted by Gasteiger charge is -2.20. The second kappa shape index (κ2) is 14.3. The number of nitrogens with zero attached hydrogens (tertiary/aromatic N) is 5. The molecule has 4 rings (SSSR count). The zero-order valence-electron chi connectivity index (χ0n) is 25.1. The third-order valence-corrected chi connectivity index (χ3v) is 6.76. The predicted molar refractivity (Wildman–Crippen MR) is 165 cm³/mol. The van der Waals surface area contributed by atoms with Crippen molar-refractivity contribution in [1.29, 1.82) is 0 Å². The van der Waals surface area contributed by atoms with E-state index in [0.717, 1.165) is 5.56 Å². The van der Waals surface area contributed by atoms with Gasteiger partial charge in [0.05, 0.1) is 17.6 Å². The topological polar surface area (TPSA) is 119 Å². The molecule has 1 N–H and O–H groups in total. The molecule has 0 radical (unpaired) electrons. The SMILES string of the molecule is CN(C)C(=O)/C=C/CCC(OC(=O)N(C)C)C(=O)Nc1cccn(Cc2nc3ccc(F)cc3n2Cc2ccccc2)c1=O. The molecular weight excluding hydrogens is 567 g/mol. The molecule has 0 saturated heterocycles.